The normalized spacial score (nSPS) is 33.0. The van der Waals surface area contributed by atoms with Crippen molar-refractivity contribution < 1.29 is 0 Å². The topological polar surface area (TPSA) is 13.0 Å². The van der Waals surface area contributed by atoms with E-state index in [1.807, 2.05) is 0 Å². The summed E-state index contributed by atoms with van der Waals surface area (Å²) in [5, 5.41) is 0. The Morgan fingerprint density at radius 1 is 0.783 bits per heavy atom. The molecule has 0 radical (unpaired) electrons. The van der Waals surface area contributed by atoms with Crippen molar-refractivity contribution in [2.75, 3.05) is 46.8 Å². The molecule has 0 aromatic heterocycles. The van der Waals surface area contributed by atoms with Crippen LogP contribution in [-0.4, -0.2) is 96.6 Å². The molecule has 0 amide bonds. The molecular formula is C19H40N4. The van der Waals surface area contributed by atoms with Crippen LogP contribution in [-0.2, 0) is 0 Å². The molecule has 0 saturated carbocycles. The molecule has 0 bridgehead atoms. The predicted octanol–water partition coefficient (Wildman–Crippen LogP) is 2.20. The van der Waals surface area contributed by atoms with Crippen molar-refractivity contribution in [2.24, 2.45) is 0 Å². The van der Waals surface area contributed by atoms with Crippen molar-refractivity contribution in [3.05, 3.63) is 0 Å². The van der Waals surface area contributed by atoms with E-state index in [1.165, 1.54) is 45.6 Å². The third-order valence-electron chi connectivity index (χ3n) is 6.32. The van der Waals surface area contributed by atoms with Crippen LogP contribution in [0.1, 0.15) is 47.5 Å². The lowest BCUT2D eigenvalue weighted by Crippen LogP contribution is -2.58. The number of rotatable bonds is 5. The van der Waals surface area contributed by atoms with Gasteiger partial charge in [0.25, 0.3) is 0 Å². The number of hydrogen-bond acceptors (Lipinski definition) is 4. The second-order valence-electron chi connectivity index (χ2n) is 8.52. The van der Waals surface area contributed by atoms with Gasteiger partial charge in [0.1, 0.15) is 0 Å². The van der Waals surface area contributed by atoms with Crippen LogP contribution in [0.4, 0.5) is 0 Å². The maximum absolute atomic E-state index is 2.67. The summed E-state index contributed by atoms with van der Waals surface area (Å²) in [6.07, 6.45) is 2.65. The van der Waals surface area contributed by atoms with Crippen molar-refractivity contribution in [3.63, 3.8) is 0 Å². The molecule has 2 saturated heterocycles. The third-order valence-corrected chi connectivity index (χ3v) is 6.32. The van der Waals surface area contributed by atoms with E-state index < -0.39 is 0 Å². The number of nitrogens with zero attached hydrogens (tertiary/aromatic N) is 4. The second kappa shape index (κ2) is 8.28. The van der Waals surface area contributed by atoms with Crippen LogP contribution in [0.5, 0.6) is 0 Å². The zero-order chi connectivity index (χ0) is 17.1. The molecule has 3 atom stereocenters. The molecule has 0 aromatic rings. The Balaban J connectivity index is 1.90. The first-order valence-electron chi connectivity index (χ1n) is 9.69. The molecule has 0 N–H and O–H groups in total. The molecule has 23 heavy (non-hydrogen) atoms. The zero-order valence-corrected chi connectivity index (χ0v) is 16.6. The van der Waals surface area contributed by atoms with E-state index >= 15 is 0 Å². The lowest BCUT2D eigenvalue weighted by atomic mass is 9.97. The minimum absolute atomic E-state index is 0.669. The fourth-order valence-corrected chi connectivity index (χ4v) is 4.15. The minimum Gasteiger partial charge on any atom is -0.301 e. The molecule has 0 unspecified atom stereocenters. The summed E-state index contributed by atoms with van der Waals surface area (Å²) in [6.45, 7) is 17.9. The minimum atomic E-state index is 0.669. The number of piperazine rings is 2. The van der Waals surface area contributed by atoms with Gasteiger partial charge in [0.2, 0.25) is 0 Å². The van der Waals surface area contributed by atoms with Gasteiger partial charge in [-0.3, -0.25) is 14.7 Å². The molecule has 2 fully saturated rings. The van der Waals surface area contributed by atoms with Crippen molar-refractivity contribution >= 4 is 0 Å². The average molecular weight is 325 g/mol. The number of likely N-dealkylation sites (N-methyl/N-ethyl adjacent to an activating group) is 2. The molecule has 136 valence electrons. The Labute approximate surface area is 144 Å². The quantitative estimate of drug-likeness (QED) is 0.768. The molecule has 0 aliphatic carbocycles. The highest BCUT2D eigenvalue weighted by Crippen LogP contribution is 2.22. The van der Waals surface area contributed by atoms with Crippen molar-refractivity contribution in [1.82, 2.24) is 19.6 Å². The van der Waals surface area contributed by atoms with Gasteiger partial charge >= 0.3 is 0 Å². The molecule has 2 aliphatic rings. The Kier molecular flexibility index (Phi) is 6.90. The van der Waals surface area contributed by atoms with Crippen molar-refractivity contribution in [2.45, 2.75) is 77.7 Å². The maximum atomic E-state index is 2.67. The van der Waals surface area contributed by atoms with E-state index in [0.29, 0.717) is 24.2 Å². The largest absolute Gasteiger partial charge is 0.301 e. The first-order chi connectivity index (χ1) is 10.8. The highest BCUT2D eigenvalue weighted by Gasteiger charge is 2.32. The van der Waals surface area contributed by atoms with Crippen molar-refractivity contribution in [3.8, 4) is 0 Å². The molecular weight excluding hydrogens is 284 g/mol. The van der Waals surface area contributed by atoms with Gasteiger partial charge in [-0.1, -0.05) is 0 Å². The van der Waals surface area contributed by atoms with Gasteiger partial charge in [-0.05, 0) is 61.6 Å². The Hall–Kier alpha value is -0.160. The Morgan fingerprint density at radius 3 is 1.96 bits per heavy atom. The molecule has 2 rings (SSSR count). The molecule has 2 aliphatic heterocycles. The summed E-state index contributed by atoms with van der Waals surface area (Å²) < 4.78 is 0. The Bertz CT molecular complexity index is 357. The van der Waals surface area contributed by atoms with Gasteiger partial charge in [0.15, 0.2) is 0 Å². The first-order valence-corrected chi connectivity index (χ1v) is 9.69. The van der Waals surface area contributed by atoms with Gasteiger partial charge < -0.3 is 4.90 Å². The van der Waals surface area contributed by atoms with Gasteiger partial charge in [0.05, 0.1) is 0 Å². The number of hydrogen-bond donors (Lipinski definition) is 0. The molecule has 0 spiro atoms. The van der Waals surface area contributed by atoms with Gasteiger partial charge in [-0.15, -0.1) is 0 Å². The smallest absolute Gasteiger partial charge is 0.0224 e. The van der Waals surface area contributed by atoms with E-state index in [2.05, 4.69) is 68.3 Å². The summed E-state index contributed by atoms with van der Waals surface area (Å²) in [6, 6.07) is 3.46. The summed E-state index contributed by atoms with van der Waals surface area (Å²) in [7, 11) is 4.65. The summed E-state index contributed by atoms with van der Waals surface area (Å²) >= 11 is 0. The highest BCUT2D eigenvalue weighted by molar-refractivity contribution is 4.89. The van der Waals surface area contributed by atoms with Gasteiger partial charge in [0, 0.05) is 62.9 Å². The zero-order valence-electron chi connectivity index (χ0n) is 16.6. The van der Waals surface area contributed by atoms with Crippen LogP contribution in [0.2, 0.25) is 0 Å². The molecule has 2 heterocycles. The van der Waals surface area contributed by atoms with E-state index in [0.717, 1.165) is 6.04 Å². The summed E-state index contributed by atoms with van der Waals surface area (Å²) in [5.74, 6) is 0. The fraction of sp³-hybridized carbons (Fsp3) is 1.00. The van der Waals surface area contributed by atoms with Gasteiger partial charge in [-0.2, -0.15) is 0 Å². The lowest BCUT2D eigenvalue weighted by Gasteiger charge is -2.47. The molecule has 4 heteroatoms. The fourth-order valence-electron chi connectivity index (χ4n) is 4.15. The van der Waals surface area contributed by atoms with Crippen LogP contribution in [0.15, 0.2) is 0 Å². The van der Waals surface area contributed by atoms with Crippen LogP contribution < -0.4 is 0 Å². The van der Waals surface area contributed by atoms with E-state index in [-0.39, 0.29) is 0 Å². The second-order valence-corrected chi connectivity index (χ2v) is 8.52. The van der Waals surface area contributed by atoms with E-state index in [9.17, 15) is 0 Å². The van der Waals surface area contributed by atoms with Gasteiger partial charge in [-0.25, -0.2) is 0 Å². The predicted molar refractivity (Wildman–Crippen MR) is 100 cm³/mol. The monoisotopic (exact) mass is 324 g/mol. The SMILES string of the molecule is CC(C)N1CCN(C)[C@@H](CC[C@@H]2CN(C(C)C)C[C@H](C)N2C)C1. The van der Waals surface area contributed by atoms with Crippen LogP contribution in [0, 0.1) is 0 Å². The van der Waals surface area contributed by atoms with Crippen molar-refractivity contribution in [1.29, 1.82) is 0 Å². The van der Waals surface area contributed by atoms with E-state index in [1.54, 1.807) is 0 Å². The Morgan fingerprint density at radius 2 is 1.35 bits per heavy atom. The molecule has 0 aromatic carbocycles. The standard InChI is InChI=1S/C19H40N4/c1-15(2)22-11-10-20(6)18(13-22)8-9-19-14-23(16(3)4)12-17(5)21(19)7/h15-19H,8-14H2,1-7H3/t17-,18-,19+/m0/s1. The maximum Gasteiger partial charge on any atom is 0.0224 e. The van der Waals surface area contributed by atoms with Crippen LogP contribution in [0.3, 0.4) is 0 Å². The third kappa shape index (κ3) is 4.91. The van der Waals surface area contributed by atoms with E-state index in [4.69, 9.17) is 0 Å². The molecule has 4 nitrogen and oxygen atoms in total. The average Bonchev–Trinajstić information content (AvgIpc) is 2.49. The lowest BCUT2D eigenvalue weighted by molar-refractivity contribution is 0.0197. The first kappa shape index (κ1) is 19.2. The summed E-state index contributed by atoms with van der Waals surface area (Å²) in [5.41, 5.74) is 0. The highest BCUT2D eigenvalue weighted by atomic mass is 15.3. The van der Waals surface area contributed by atoms with Crippen LogP contribution in [0.25, 0.3) is 0 Å². The van der Waals surface area contributed by atoms with Crippen LogP contribution >= 0.6 is 0 Å². The summed E-state index contributed by atoms with van der Waals surface area (Å²) in [4.78, 5) is 10.5.